The van der Waals surface area contributed by atoms with E-state index in [2.05, 4.69) is 4.90 Å². The second-order valence-corrected chi connectivity index (χ2v) is 12.3. The number of aldehydes is 1. The van der Waals surface area contributed by atoms with Gasteiger partial charge >= 0.3 is 6.18 Å². The summed E-state index contributed by atoms with van der Waals surface area (Å²) in [6.45, 7) is 2.05. The average Bonchev–Trinajstić information content (AvgIpc) is 3.04. The van der Waals surface area contributed by atoms with Crippen LogP contribution in [0.4, 0.5) is 27.6 Å². The van der Waals surface area contributed by atoms with Crippen LogP contribution in [0.5, 0.6) is 5.75 Å². The van der Waals surface area contributed by atoms with E-state index in [9.17, 15) is 18.0 Å². The molecule has 3 aromatic rings. The van der Waals surface area contributed by atoms with Crippen LogP contribution in [0.3, 0.4) is 0 Å². The normalized spacial score (nSPS) is 17.0. The van der Waals surface area contributed by atoms with Crippen molar-refractivity contribution in [3.8, 4) is 5.75 Å². The molecule has 13 heteroatoms. The number of ether oxygens (including phenoxy) is 1. The number of anilines is 1. The SMILES string of the molecule is N=C(S/C(C=O)=C\c1ccc2c(c1)CCC(F)(F)c1cc(C(F)(F)F)ccc1CO2)N1CCN(c2ccc(Cl)c(Cl)c2)CC1. The van der Waals surface area contributed by atoms with Crippen LogP contribution in [0, 0.1) is 5.41 Å². The van der Waals surface area contributed by atoms with Gasteiger partial charge in [0.05, 0.1) is 20.5 Å². The second-order valence-electron chi connectivity index (χ2n) is 10.4. The van der Waals surface area contributed by atoms with Crippen LogP contribution >= 0.6 is 35.0 Å². The fourth-order valence-electron chi connectivity index (χ4n) is 5.10. The van der Waals surface area contributed by atoms with E-state index in [1.54, 1.807) is 36.4 Å². The number of rotatable bonds is 4. The van der Waals surface area contributed by atoms with Crippen molar-refractivity contribution in [2.45, 2.75) is 31.5 Å². The Hall–Kier alpha value is -3.28. The number of hydrogen-bond acceptors (Lipinski definition) is 5. The zero-order valence-corrected chi connectivity index (χ0v) is 25.4. The van der Waals surface area contributed by atoms with Crippen LogP contribution in [-0.2, 0) is 29.9 Å². The number of carbonyl (C=O) groups excluding carboxylic acids is 1. The Balaban J connectivity index is 1.26. The summed E-state index contributed by atoms with van der Waals surface area (Å²) in [4.78, 5) is 16.2. The molecule has 0 aliphatic carbocycles. The predicted octanol–water partition coefficient (Wildman–Crippen LogP) is 8.66. The first kappa shape index (κ1) is 32.1. The minimum absolute atomic E-state index is 0.0178. The molecule has 1 N–H and O–H groups in total. The van der Waals surface area contributed by atoms with Crippen molar-refractivity contribution in [2.75, 3.05) is 31.1 Å². The lowest BCUT2D eigenvalue weighted by molar-refractivity contribution is -0.137. The van der Waals surface area contributed by atoms with Gasteiger partial charge in [0.1, 0.15) is 12.4 Å². The minimum Gasteiger partial charge on any atom is -0.489 e. The van der Waals surface area contributed by atoms with Gasteiger partial charge < -0.3 is 14.5 Å². The van der Waals surface area contributed by atoms with Crippen molar-refractivity contribution in [3.63, 3.8) is 0 Å². The zero-order valence-electron chi connectivity index (χ0n) is 23.1. The number of nitrogens with zero attached hydrogens (tertiary/aromatic N) is 2. The lowest BCUT2D eigenvalue weighted by Gasteiger charge is -2.37. The largest absolute Gasteiger partial charge is 0.489 e. The third-order valence-electron chi connectivity index (χ3n) is 7.48. The number of thioether (sulfide) groups is 1. The van der Waals surface area contributed by atoms with E-state index in [0.717, 1.165) is 29.6 Å². The number of nitrogens with one attached hydrogen (secondary N) is 1. The van der Waals surface area contributed by atoms with Gasteiger partial charge in [-0.2, -0.15) is 13.2 Å². The molecule has 5 rings (SSSR count). The number of aryl methyl sites for hydroxylation is 1. The molecule has 0 radical (unpaired) electrons. The molecule has 232 valence electrons. The molecule has 1 fully saturated rings. The number of hydrogen-bond donors (Lipinski definition) is 1. The standard InChI is InChI=1S/C31H26Cl2F5N3O2S/c32-26-5-4-23(16-27(26)33)40-9-11-41(12-10-40)29(39)44-24(17-42)14-19-1-6-28-20(13-19)7-8-30(34,35)25-15-22(31(36,37)38)3-2-21(25)18-43-28/h1-6,13-17,39H,7-12,18H2/b24-14-,39-29?. The fourth-order valence-corrected chi connectivity index (χ4v) is 6.17. The van der Waals surface area contributed by atoms with Crippen molar-refractivity contribution < 1.29 is 31.5 Å². The van der Waals surface area contributed by atoms with Crippen molar-refractivity contribution >= 4 is 58.2 Å². The highest BCUT2D eigenvalue weighted by molar-refractivity contribution is 8.17. The number of allylic oxidation sites excluding steroid dienone is 1. The molecule has 3 aromatic carbocycles. The average molecular weight is 671 g/mol. The van der Waals surface area contributed by atoms with E-state index in [0.29, 0.717) is 65.5 Å². The van der Waals surface area contributed by atoms with E-state index in [-0.39, 0.29) is 28.7 Å². The van der Waals surface area contributed by atoms with Crippen molar-refractivity contribution in [1.29, 1.82) is 5.41 Å². The van der Waals surface area contributed by atoms with E-state index < -0.39 is 29.6 Å². The van der Waals surface area contributed by atoms with Crippen LogP contribution < -0.4 is 9.64 Å². The summed E-state index contributed by atoms with van der Waals surface area (Å²) < 4.78 is 75.8. The number of benzene rings is 3. The summed E-state index contributed by atoms with van der Waals surface area (Å²) in [5.41, 5.74) is 0.0487. The maximum Gasteiger partial charge on any atom is 0.416 e. The first-order chi connectivity index (χ1) is 20.8. The molecule has 2 heterocycles. The van der Waals surface area contributed by atoms with Gasteiger partial charge in [0, 0.05) is 43.9 Å². The number of amidine groups is 1. The predicted molar refractivity (Wildman–Crippen MR) is 164 cm³/mol. The van der Waals surface area contributed by atoms with Gasteiger partial charge in [-0.15, -0.1) is 0 Å². The summed E-state index contributed by atoms with van der Waals surface area (Å²) in [5.74, 6) is -3.19. The number of carbonyl (C=O) groups is 1. The van der Waals surface area contributed by atoms with Gasteiger partial charge in [-0.25, -0.2) is 8.78 Å². The molecule has 0 aromatic heterocycles. The summed E-state index contributed by atoms with van der Waals surface area (Å²) in [6.07, 6.45) is -3.44. The van der Waals surface area contributed by atoms with Crippen molar-refractivity contribution in [3.05, 3.63) is 97.4 Å². The first-order valence-corrected chi connectivity index (χ1v) is 15.1. The van der Waals surface area contributed by atoms with Crippen LogP contribution in [0.15, 0.2) is 59.5 Å². The van der Waals surface area contributed by atoms with Gasteiger partial charge in [-0.1, -0.05) is 35.3 Å². The van der Waals surface area contributed by atoms with Crippen LogP contribution in [0.1, 0.15) is 34.2 Å². The Bertz CT molecular complexity index is 1610. The molecule has 0 amide bonds. The van der Waals surface area contributed by atoms with Crippen LogP contribution in [-0.4, -0.2) is 42.5 Å². The molecule has 0 saturated carbocycles. The third-order valence-corrected chi connectivity index (χ3v) is 9.12. The lowest BCUT2D eigenvalue weighted by atomic mass is 9.94. The Labute approximate surface area is 265 Å². The molecule has 0 atom stereocenters. The minimum atomic E-state index is -4.75. The van der Waals surface area contributed by atoms with Gasteiger partial charge in [0.2, 0.25) is 0 Å². The zero-order chi connectivity index (χ0) is 31.6. The van der Waals surface area contributed by atoms with Gasteiger partial charge in [-0.3, -0.25) is 10.2 Å². The Morgan fingerprint density at radius 2 is 1.70 bits per heavy atom. The van der Waals surface area contributed by atoms with Crippen molar-refractivity contribution in [2.24, 2.45) is 0 Å². The molecule has 2 aliphatic rings. The smallest absolute Gasteiger partial charge is 0.416 e. The highest BCUT2D eigenvalue weighted by atomic mass is 35.5. The van der Waals surface area contributed by atoms with Gasteiger partial charge in [0.15, 0.2) is 11.5 Å². The number of halogens is 7. The molecule has 44 heavy (non-hydrogen) atoms. The maximum absolute atomic E-state index is 15.2. The maximum atomic E-state index is 15.2. The summed E-state index contributed by atoms with van der Waals surface area (Å²) in [6, 6.07) is 12.6. The van der Waals surface area contributed by atoms with Crippen LogP contribution in [0.2, 0.25) is 10.0 Å². The first-order valence-electron chi connectivity index (χ1n) is 13.6. The van der Waals surface area contributed by atoms with Crippen molar-refractivity contribution in [1.82, 2.24) is 4.90 Å². The number of piperazine rings is 1. The summed E-state index contributed by atoms with van der Waals surface area (Å²) >= 11 is 13.2. The second kappa shape index (κ2) is 13.0. The van der Waals surface area contributed by atoms with Crippen LogP contribution in [0.25, 0.3) is 6.08 Å². The molecule has 2 aliphatic heterocycles. The Morgan fingerprint density at radius 1 is 0.955 bits per heavy atom. The van der Waals surface area contributed by atoms with Gasteiger partial charge in [-0.05, 0) is 83.4 Å². The number of fused-ring (bicyclic) bond motifs is 2. The number of alkyl halides is 5. The summed E-state index contributed by atoms with van der Waals surface area (Å²) in [7, 11) is 0. The summed E-state index contributed by atoms with van der Waals surface area (Å²) in [5, 5.41) is 9.69. The molecular formula is C31H26Cl2F5N3O2S. The molecular weight excluding hydrogens is 644 g/mol. The lowest BCUT2D eigenvalue weighted by Crippen LogP contribution is -2.47. The highest BCUT2D eigenvalue weighted by Gasteiger charge is 2.38. The third kappa shape index (κ3) is 7.33. The van der Waals surface area contributed by atoms with E-state index >= 15 is 8.78 Å². The fraction of sp³-hybridized carbons (Fsp3) is 0.290. The van der Waals surface area contributed by atoms with E-state index in [4.69, 9.17) is 33.3 Å². The molecule has 1 saturated heterocycles. The molecule has 5 nitrogen and oxygen atoms in total. The quantitative estimate of drug-likeness (QED) is 0.0991. The highest BCUT2D eigenvalue weighted by Crippen LogP contribution is 2.41. The molecule has 0 unspecified atom stereocenters. The Morgan fingerprint density at radius 3 is 2.39 bits per heavy atom. The Kier molecular flexibility index (Phi) is 9.48. The van der Waals surface area contributed by atoms with Gasteiger partial charge in [0.25, 0.3) is 5.92 Å². The molecule has 0 bridgehead atoms. The monoisotopic (exact) mass is 669 g/mol. The van der Waals surface area contributed by atoms with E-state index in [1.165, 1.54) is 0 Å². The van der Waals surface area contributed by atoms with E-state index in [1.807, 2.05) is 11.0 Å². The molecule has 0 spiro atoms. The topological polar surface area (TPSA) is 56.6 Å².